The molecule has 0 aromatic carbocycles. The summed E-state index contributed by atoms with van der Waals surface area (Å²) in [6.45, 7) is 8.04. The number of carbonyl (C=O) groups is 1. The van der Waals surface area contributed by atoms with Crippen molar-refractivity contribution >= 4 is 5.97 Å². The summed E-state index contributed by atoms with van der Waals surface area (Å²) in [6, 6.07) is 0. The number of carbonyl (C=O) groups excluding carboxylic acids is 1. The van der Waals surface area contributed by atoms with E-state index >= 15 is 0 Å². The van der Waals surface area contributed by atoms with Crippen LogP contribution in [0.2, 0.25) is 0 Å². The van der Waals surface area contributed by atoms with Crippen LogP contribution in [0.5, 0.6) is 0 Å². The Hall–Kier alpha value is -0.610. The maximum atomic E-state index is 11.5. The van der Waals surface area contributed by atoms with Gasteiger partial charge in [-0.05, 0) is 26.8 Å². The van der Waals surface area contributed by atoms with Gasteiger partial charge in [0.2, 0.25) is 0 Å². The number of aliphatic hydroxyl groups excluding tert-OH is 1. The SMILES string of the molecule is CCCN(CCO)CC(C)(C)C(=O)OC. The van der Waals surface area contributed by atoms with Crippen molar-refractivity contribution in [1.82, 2.24) is 4.90 Å². The van der Waals surface area contributed by atoms with Gasteiger partial charge in [-0.3, -0.25) is 9.69 Å². The zero-order valence-electron chi connectivity index (χ0n) is 10.2. The van der Waals surface area contributed by atoms with E-state index in [0.717, 1.165) is 13.0 Å². The number of esters is 1. The highest BCUT2D eigenvalue weighted by Crippen LogP contribution is 2.18. The van der Waals surface area contributed by atoms with Crippen LogP contribution in [0.15, 0.2) is 0 Å². The van der Waals surface area contributed by atoms with Crippen molar-refractivity contribution in [3.63, 3.8) is 0 Å². The largest absolute Gasteiger partial charge is 0.469 e. The molecular weight excluding hydrogens is 194 g/mol. The minimum absolute atomic E-state index is 0.122. The number of rotatable bonds is 7. The molecule has 4 heteroatoms. The van der Waals surface area contributed by atoms with Gasteiger partial charge in [0.1, 0.15) is 0 Å². The van der Waals surface area contributed by atoms with Crippen molar-refractivity contribution < 1.29 is 14.6 Å². The standard InChI is InChI=1S/C11H23NO3/c1-5-6-12(7-8-13)9-11(2,3)10(14)15-4/h13H,5-9H2,1-4H3. The van der Waals surface area contributed by atoms with E-state index in [1.54, 1.807) is 0 Å². The van der Waals surface area contributed by atoms with Gasteiger partial charge in [0, 0.05) is 13.1 Å². The highest BCUT2D eigenvalue weighted by Gasteiger charge is 2.30. The third-order valence-corrected chi connectivity index (χ3v) is 2.31. The molecule has 0 amide bonds. The van der Waals surface area contributed by atoms with Gasteiger partial charge in [-0.15, -0.1) is 0 Å². The Bertz CT molecular complexity index is 186. The molecule has 0 aliphatic rings. The van der Waals surface area contributed by atoms with Crippen LogP contribution in [-0.4, -0.2) is 49.3 Å². The van der Waals surface area contributed by atoms with Crippen molar-refractivity contribution in [2.24, 2.45) is 5.41 Å². The fourth-order valence-corrected chi connectivity index (χ4v) is 1.63. The van der Waals surface area contributed by atoms with Crippen LogP contribution in [0.1, 0.15) is 27.2 Å². The van der Waals surface area contributed by atoms with Gasteiger partial charge in [-0.2, -0.15) is 0 Å². The molecule has 4 nitrogen and oxygen atoms in total. The van der Waals surface area contributed by atoms with Gasteiger partial charge in [0.15, 0.2) is 0 Å². The molecule has 0 fully saturated rings. The number of nitrogens with zero attached hydrogens (tertiary/aromatic N) is 1. The molecule has 0 bridgehead atoms. The normalized spacial score (nSPS) is 11.9. The molecule has 0 rings (SSSR count). The Labute approximate surface area is 92.2 Å². The Morgan fingerprint density at radius 2 is 2.00 bits per heavy atom. The second-order valence-electron chi connectivity index (χ2n) is 4.38. The van der Waals surface area contributed by atoms with Crippen molar-refractivity contribution in [3.05, 3.63) is 0 Å². The second-order valence-corrected chi connectivity index (χ2v) is 4.38. The van der Waals surface area contributed by atoms with Crippen LogP contribution in [0.4, 0.5) is 0 Å². The fraction of sp³-hybridized carbons (Fsp3) is 0.909. The number of aliphatic hydroxyl groups is 1. The zero-order chi connectivity index (χ0) is 11.9. The summed E-state index contributed by atoms with van der Waals surface area (Å²) in [7, 11) is 1.40. The van der Waals surface area contributed by atoms with Gasteiger partial charge in [0.05, 0.1) is 19.1 Å². The summed E-state index contributed by atoms with van der Waals surface area (Å²) >= 11 is 0. The molecule has 0 aliphatic heterocycles. The molecule has 0 atom stereocenters. The second kappa shape index (κ2) is 6.80. The van der Waals surface area contributed by atoms with Crippen molar-refractivity contribution in [2.75, 3.05) is 33.4 Å². The summed E-state index contributed by atoms with van der Waals surface area (Å²) in [5, 5.41) is 8.90. The van der Waals surface area contributed by atoms with Crippen LogP contribution >= 0.6 is 0 Å². The summed E-state index contributed by atoms with van der Waals surface area (Å²) in [5.74, 6) is -0.207. The minimum Gasteiger partial charge on any atom is -0.469 e. The Balaban J connectivity index is 4.29. The molecule has 0 aromatic rings. The maximum Gasteiger partial charge on any atom is 0.312 e. The topological polar surface area (TPSA) is 49.8 Å². The molecular formula is C11H23NO3. The maximum absolute atomic E-state index is 11.5. The first kappa shape index (κ1) is 14.4. The summed E-state index contributed by atoms with van der Waals surface area (Å²) in [6.07, 6.45) is 1.01. The highest BCUT2D eigenvalue weighted by atomic mass is 16.5. The lowest BCUT2D eigenvalue weighted by atomic mass is 9.93. The van der Waals surface area contributed by atoms with E-state index in [1.807, 2.05) is 13.8 Å². The number of ether oxygens (including phenoxy) is 1. The molecule has 0 unspecified atom stereocenters. The van der Waals surface area contributed by atoms with Crippen LogP contribution in [-0.2, 0) is 9.53 Å². The molecule has 15 heavy (non-hydrogen) atoms. The Morgan fingerprint density at radius 3 is 2.40 bits per heavy atom. The van der Waals surface area contributed by atoms with E-state index in [4.69, 9.17) is 9.84 Å². The molecule has 1 N–H and O–H groups in total. The van der Waals surface area contributed by atoms with Crippen LogP contribution in [0, 0.1) is 5.41 Å². The van der Waals surface area contributed by atoms with E-state index in [1.165, 1.54) is 7.11 Å². The van der Waals surface area contributed by atoms with Gasteiger partial charge in [-0.1, -0.05) is 6.92 Å². The average Bonchev–Trinajstić information content (AvgIpc) is 2.16. The first-order valence-electron chi connectivity index (χ1n) is 5.39. The quantitative estimate of drug-likeness (QED) is 0.643. The van der Waals surface area contributed by atoms with Gasteiger partial charge in [0.25, 0.3) is 0 Å². The van der Waals surface area contributed by atoms with Crippen molar-refractivity contribution in [1.29, 1.82) is 0 Å². The Kier molecular flexibility index (Phi) is 6.52. The van der Waals surface area contributed by atoms with Crippen LogP contribution in [0.25, 0.3) is 0 Å². The molecule has 90 valence electrons. The minimum atomic E-state index is -0.515. The number of hydrogen-bond donors (Lipinski definition) is 1. The predicted molar refractivity (Wildman–Crippen MR) is 59.6 cm³/mol. The summed E-state index contributed by atoms with van der Waals surface area (Å²) in [4.78, 5) is 13.5. The van der Waals surface area contributed by atoms with E-state index in [9.17, 15) is 4.79 Å². The molecule has 0 aromatic heterocycles. The smallest absolute Gasteiger partial charge is 0.312 e. The van der Waals surface area contributed by atoms with Gasteiger partial charge in [-0.25, -0.2) is 0 Å². The Morgan fingerprint density at radius 1 is 1.40 bits per heavy atom. The highest BCUT2D eigenvalue weighted by molar-refractivity contribution is 5.76. The molecule has 0 radical (unpaired) electrons. The van der Waals surface area contributed by atoms with Crippen LogP contribution in [0.3, 0.4) is 0 Å². The molecule has 0 saturated heterocycles. The molecule has 0 aliphatic carbocycles. The first-order valence-corrected chi connectivity index (χ1v) is 5.39. The van der Waals surface area contributed by atoms with Crippen molar-refractivity contribution in [3.8, 4) is 0 Å². The first-order chi connectivity index (χ1) is 6.97. The van der Waals surface area contributed by atoms with E-state index in [0.29, 0.717) is 13.1 Å². The number of hydrogen-bond acceptors (Lipinski definition) is 4. The van der Waals surface area contributed by atoms with E-state index < -0.39 is 5.41 Å². The zero-order valence-corrected chi connectivity index (χ0v) is 10.2. The third-order valence-electron chi connectivity index (χ3n) is 2.31. The van der Waals surface area contributed by atoms with Crippen LogP contribution < -0.4 is 0 Å². The monoisotopic (exact) mass is 217 g/mol. The van der Waals surface area contributed by atoms with Gasteiger partial charge < -0.3 is 9.84 Å². The summed E-state index contributed by atoms with van der Waals surface area (Å²) in [5.41, 5.74) is -0.515. The average molecular weight is 217 g/mol. The number of methoxy groups -OCH3 is 1. The summed E-state index contributed by atoms with van der Waals surface area (Å²) < 4.78 is 4.74. The lowest BCUT2D eigenvalue weighted by Gasteiger charge is -2.29. The fourth-order valence-electron chi connectivity index (χ4n) is 1.63. The lowest BCUT2D eigenvalue weighted by Crippen LogP contribution is -2.41. The third kappa shape index (κ3) is 5.14. The van der Waals surface area contributed by atoms with Crippen molar-refractivity contribution in [2.45, 2.75) is 27.2 Å². The molecule has 0 spiro atoms. The lowest BCUT2D eigenvalue weighted by molar-refractivity contribution is -0.151. The predicted octanol–water partition coefficient (Wildman–Crippen LogP) is 0.890. The molecule has 0 saturated carbocycles. The van der Waals surface area contributed by atoms with E-state index in [-0.39, 0.29) is 12.6 Å². The van der Waals surface area contributed by atoms with E-state index in [2.05, 4.69) is 11.8 Å². The van der Waals surface area contributed by atoms with Gasteiger partial charge >= 0.3 is 5.97 Å². The molecule has 0 heterocycles.